The number of aliphatic hydroxyl groups is 2. The van der Waals surface area contributed by atoms with Crippen LogP contribution < -0.4 is 0 Å². The highest BCUT2D eigenvalue weighted by atomic mass is 32.2. The van der Waals surface area contributed by atoms with Gasteiger partial charge in [0.25, 0.3) is 10.0 Å². The molecule has 1 aliphatic rings. The number of benzene rings is 1. The van der Waals surface area contributed by atoms with Crippen molar-refractivity contribution in [3.63, 3.8) is 0 Å². The van der Waals surface area contributed by atoms with Gasteiger partial charge in [0.15, 0.2) is 0 Å². The van der Waals surface area contributed by atoms with Crippen molar-refractivity contribution >= 4 is 10.0 Å². The van der Waals surface area contributed by atoms with Crippen molar-refractivity contribution in [3.05, 3.63) is 53.9 Å². The quantitative estimate of drug-likeness (QED) is 0.777. The molecule has 2 heterocycles. The number of rotatable bonds is 5. The van der Waals surface area contributed by atoms with Crippen LogP contribution in [0.3, 0.4) is 0 Å². The van der Waals surface area contributed by atoms with Gasteiger partial charge >= 0.3 is 0 Å². The molecule has 29 heavy (non-hydrogen) atoms. The first-order valence-corrected chi connectivity index (χ1v) is 11.5. The van der Waals surface area contributed by atoms with Gasteiger partial charge in [0, 0.05) is 17.2 Å². The zero-order valence-electron chi connectivity index (χ0n) is 17.7. The first-order valence-electron chi connectivity index (χ1n) is 10.0. The highest BCUT2D eigenvalue weighted by Gasteiger charge is 2.44. The minimum Gasteiger partial charge on any atom is -0.396 e. The van der Waals surface area contributed by atoms with Gasteiger partial charge in [0.05, 0.1) is 17.2 Å². The fraction of sp³-hybridized carbons (Fsp3) is 0.545. The molecular formula is C22H32N2O4S. The van der Waals surface area contributed by atoms with Crippen LogP contribution >= 0.6 is 0 Å². The van der Waals surface area contributed by atoms with Crippen molar-refractivity contribution in [3.8, 4) is 0 Å². The summed E-state index contributed by atoms with van der Waals surface area (Å²) in [5.41, 5.74) is 0.521. The maximum absolute atomic E-state index is 13.2. The topological polar surface area (TPSA) is 82.8 Å². The normalized spacial score (nSPS) is 19.2. The predicted octanol–water partition coefficient (Wildman–Crippen LogP) is 2.94. The molecule has 1 aliphatic heterocycles. The molecule has 1 aromatic carbocycles. The summed E-state index contributed by atoms with van der Waals surface area (Å²) in [4.78, 5) is 2.50. The number of hydrogen-bond acceptors (Lipinski definition) is 5. The highest BCUT2D eigenvalue weighted by molar-refractivity contribution is 7.90. The number of aromatic nitrogens is 1. The Balaban J connectivity index is 1.92. The van der Waals surface area contributed by atoms with E-state index < -0.39 is 21.5 Å². The van der Waals surface area contributed by atoms with Gasteiger partial charge < -0.3 is 10.2 Å². The molecule has 7 heteroatoms. The van der Waals surface area contributed by atoms with Crippen molar-refractivity contribution in [2.24, 2.45) is 5.41 Å². The molecule has 1 saturated heterocycles. The molecule has 1 unspecified atom stereocenters. The molecule has 0 amide bonds. The van der Waals surface area contributed by atoms with E-state index in [0.29, 0.717) is 18.5 Å². The Labute approximate surface area is 173 Å². The molecule has 0 saturated carbocycles. The summed E-state index contributed by atoms with van der Waals surface area (Å²) in [5, 5.41) is 21.4. The van der Waals surface area contributed by atoms with Crippen LogP contribution in [-0.2, 0) is 10.0 Å². The maximum atomic E-state index is 13.2. The molecule has 2 aromatic rings. The van der Waals surface area contributed by atoms with Crippen LogP contribution in [-0.4, -0.2) is 52.7 Å². The Bertz CT molecular complexity index is 934. The van der Waals surface area contributed by atoms with Crippen molar-refractivity contribution < 1.29 is 18.6 Å². The first kappa shape index (κ1) is 22.0. The molecule has 0 aliphatic carbocycles. The Morgan fingerprint density at radius 3 is 2.21 bits per heavy atom. The summed E-state index contributed by atoms with van der Waals surface area (Å²) in [6.07, 6.45) is 1.57. The van der Waals surface area contributed by atoms with E-state index in [9.17, 15) is 18.6 Å². The molecule has 3 rings (SSSR count). The molecule has 0 bridgehead atoms. The fourth-order valence-electron chi connectivity index (χ4n) is 4.09. The van der Waals surface area contributed by atoms with Gasteiger partial charge in [0.1, 0.15) is 6.10 Å². The van der Waals surface area contributed by atoms with Crippen LogP contribution in [0.2, 0.25) is 0 Å². The summed E-state index contributed by atoms with van der Waals surface area (Å²) in [6.45, 7) is 9.63. The van der Waals surface area contributed by atoms with Gasteiger partial charge in [-0.05, 0) is 77.9 Å². The lowest BCUT2D eigenvalue weighted by molar-refractivity contribution is -0.0749. The number of aryl methyl sites for hydroxylation is 1. The van der Waals surface area contributed by atoms with Gasteiger partial charge in [0.2, 0.25) is 0 Å². The number of aliphatic hydroxyl groups excluding tert-OH is 2. The summed E-state index contributed by atoms with van der Waals surface area (Å²) >= 11 is 0. The number of likely N-dealkylation sites (tertiary alicyclic amines) is 1. The first-order chi connectivity index (χ1) is 13.5. The average molecular weight is 421 g/mol. The lowest BCUT2D eigenvalue weighted by Gasteiger charge is -2.47. The van der Waals surface area contributed by atoms with E-state index in [1.54, 1.807) is 36.4 Å². The third-order valence-electron chi connectivity index (χ3n) is 6.20. The summed E-state index contributed by atoms with van der Waals surface area (Å²) < 4.78 is 27.5. The average Bonchev–Trinajstić information content (AvgIpc) is 3.17. The second-order valence-electron chi connectivity index (χ2n) is 9.13. The Kier molecular flexibility index (Phi) is 5.98. The monoisotopic (exact) mass is 420 g/mol. The molecule has 6 nitrogen and oxygen atoms in total. The smallest absolute Gasteiger partial charge is 0.267 e. The second-order valence-corrected chi connectivity index (χ2v) is 10.9. The van der Waals surface area contributed by atoms with Crippen LogP contribution in [0.5, 0.6) is 0 Å². The van der Waals surface area contributed by atoms with Crippen molar-refractivity contribution in [1.29, 1.82) is 0 Å². The molecule has 1 atom stereocenters. The Morgan fingerprint density at radius 1 is 1.10 bits per heavy atom. The van der Waals surface area contributed by atoms with Crippen LogP contribution in [0.4, 0.5) is 0 Å². The molecule has 1 aromatic heterocycles. The Morgan fingerprint density at radius 2 is 1.69 bits per heavy atom. The maximum Gasteiger partial charge on any atom is 0.267 e. The van der Waals surface area contributed by atoms with E-state index in [1.165, 1.54) is 6.20 Å². The van der Waals surface area contributed by atoms with E-state index >= 15 is 0 Å². The minimum atomic E-state index is -3.83. The van der Waals surface area contributed by atoms with Crippen molar-refractivity contribution in [2.45, 2.75) is 57.1 Å². The van der Waals surface area contributed by atoms with Crippen LogP contribution in [0.15, 0.2) is 47.5 Å². The standard InChI is InChI=1S/C22H32N2O4S/c1-17-7-9-18(10-8-17)29(27,28)24-13-5-6-19(24)20(26)22(16-25)11-14-23(15-12-22)21(2,3)4/h5-10,13,20,25-26H,11-12,14-16H2,1-4H3. The van der Waals surface area contributed by atoms with Crippen molar-refractivity contribution in [2.75, 3.05) is 19.7 Å². The summed E-state index contributed by atoms with van der Waals surface area (Å²) in [5.74, 6) is 0. The van der Waals surface area contributed by atoms with Gasteiger partial charge in [-0.2, -0.15) is 0 Å². The third kappa shape index (κ3) is 4.14. The fourth-order valence-corrected chi connectivity index (χ4v) is 5.46. The third-order valence-corrected chi connectivity index (χ3v) is 7.92. The van der Waals surface area contributed by atoms with Crippen LogP contribution in [0.25, 0.3) is 0 Å². The zero-order valence-corrected chi connectivity index (χ0v) is 18.5. The zero-order chi connectivity index (χ0) is 21.4. The number of nitrogens with zero attached hydrogens (tertiary/aromatic N) is 2. The lowest BCUT2D eigenvalue weighted by atomic mass is 9.72. The van der Waals surface area contributed by atoms with Crippen LogP contribution in [0, 0.1) is 12.3 Å². The van der Waals surface area contributed by atoms with Gasteiger partial charge in [-0.25, -0.2) is 12.4 Å². The number of hydrogen-bond donors (Lipinski definition) is 2. The molecule has 160 valence electrons. The molecule has 2 N–H and O–H groups in total. The second kappa shape index (κ2) is 7.87. The van der Waals surface area contributed by atoms with Gasteiger partial charge in [-0.15, -0.1) is 0 Å². The number of piperidine rings is 1. The van der Waals surface area contributed by atoms with E-state index in [1.807, 2.05) is 6.92 Å². The predicted molar refractivity (Wildman–Crippen MR) is 113 cm³/mol. The van der Waals surface area contributed by atoms with Gasteiger partial charge in [-0.3, -0.25) is 4.90 Å². The largest absolute Gasteiger partial charge is 0.396 e. The minimum absolute atomic E-state index is 0.0154. The molecule has 1 fully saturated rings. The molecular weight excluding hydrogens is 388 g/mol. The van der Waals surface area contributed by atoms with Crippen molar-refractivity contribution in [1.82, 2.24) is 8.87 Å². The Hall–Kier alpha value is -1.67. The summed E-state index contributed by atoms with van der Waals surface area (Å²) in [7, 11) is -3.83. The lowest BCUT2D eigenvalue weighted by Crippen LogP contribution is -2.51. The van der Waals surface area contributed by atoms with E-state index in [0.717, 1.165) is 22.6 Å². The van der Waals surface area contributed by atoms with E-state index in [4.69, 9.17) is 0 Å². The SMILES string of the molecule is Cc1ccc(S(=O)(=O)n2cccc2C(O)C2(CO)CCN(C(C)(C)C)CC2)cc1. The highest BCUT2D eigenvalue weighted by Crippen LogP contribution is 2.44. The van der Waals surface area contributed by atoms with Crippen LogP contribution in [0.1, 0.15) is 51.0 Å². The van der Waals surface area contributed by atoms with Gasteiger partial charge in [-0.1, -0.05) is 17.7 Å². The van der Waals surface area contributed by atoms with E-state index in [-0.39, 0.29) is 17.0 Å². The molecule has 0 radical (unpaired) electrons. The summed E-state index contributed by atoms with van der Waals surface area (Å²) in [6, 6.07) is 9.91. The van der Waals surface area contributed by atoms with E-state index in [2.05, 4.69) is 25.7 Å². The molecule has 0 spiro atoms.